The van der Waals surface area contributed by atoms with E-state index in [0.717, 1.165) is 41.5 Å². The van der Waals surface area contributed by atoms with Crippen molar-refractivity contribution in [3.63, 3.8) is 0 Å². The van der Waals surface area contributed by atoms with Crippen LogP contribution in [-0.4, -0.2) is 75.3 Å². The number of hydrogen-bond acceptors (Lipinski definition) is 6. The van der Waals surface area contributed by atoms with E-state index in [4.69, 9.17) is 0 Å². The first-order chi connectivity index (χ1) is 20.0. The Morgan fingerprint density at radius 3 is 2.05 bits per heavy atom. The summed E-state index contributed by atoms with van der Waals surface area (Å²) in [5.41, 5.74) is 4.15. The molecule has 9 heteroatoms. The SMILES string of the molecule is O=C1CCN(N2C(=O)c3ccc(CN4CC5CCC4CN5C(c4ccccc4)c4ccccc4)cc3C2=O)C(=O)N1. The molecule has 0 spiro atoms. The number of nitrogens with zero attached hydrogens (tertiary/aromatic N) is 4. The molecule has 2 atom stereocenters. The highest BCUT2D eigenvalue weighted by Gasteiger charge is 2.45. The molecule has 4 saturated heterocycles. The lowest BCUT2D eigenvalue weighted by atomic mass is 9.85. The van der Waals surface area contributed by atoms with Gasteiger partial charge >= 0.3 is 6.03 Å². The van der Waals surface area contributed by atoms with Crippen molar-refractivity contribution in [3.05, 3.63) is 107 Å². The first kappa shape index (κ1) is 25.6. The van der Waals surface area contributed by atoms with Crippen LogP contribution in [0.5, 0.6) is 0 Å². The molecule has 5 heterocycles. The molecule has 5 amide bonds. The molecule has 4 fully saturated rings. The molecule has 3 aromatic carbocycles. The molecule has 5 aliphatic heterocycles. The summed E-state index contributed by atoms with van der Waals surface area (Å²) in [7, 11) is 0. The molecular formula is C32H31N5O4. The van der Waals surface area contributed by atoms with Crippen LogP contribution >= 0.6 is 0 Å². The fourth-order valence-corrected chi connectivity index (χ4v) is 6.88. The Morgan fingerprint density at radius 2 is 1.41 bits per heavy atom. The molecule has 0 aliphatic carbocycles. The highest BCUT2D eigenvalue weighted by Crippen LogP contribution is 2.39. The van der Waals surface area contributed by atoms with Gasteiger partial charge in [-0.15, -0.1) is 0 Å². The fraction of sp³-hybridized carbons (Fsp3) is 0.312. The van der Waals surface area contributed by atoms with Crippen molar-refractivity contribution in [2.45, 2.75) is 43.9 Å². The Kier molecular flexibility index (Phi) is 6.40. The minimum absolute atomic E-state index is 0.0106. The van der Waals surface area contributed by atoms with Crippen LogP contribution in [0, 0.1) is 0 Å². The highest BCUT2D eigenvalue weighted by atomic mass is 16.2. The van der Waals surface area contributed by atoms with E-state index in [1.54, 1.807) is 12.1 Å². The first-order valence-corrected chi connectivity index (χ1v) is 14.2. The second kappa shape index (κ2) is 10.2. The molecular weight excluding hydrogens is 518 g/mol. The van der Waals surface area contributed by atoms with Crippen LogP contribution in [0.4, 0.5) is 4.79 Å². The van der Waals surface area contributed by atoms with Crippen molar-refractivity contribution in [2.24, 2.45) is 0 Å². The maximum Gasteiger partial charge on any atom is 0.343 e. The van der Waals surface area contributed by atoms with Crippen molar-refractivity contribution in [1.29, 1.82) is 0 Å². The zero-order chi connectivity index (χ0) is 28.1. The standard InChI is InChI=1S/C32H31N5O4/c38-28-15-16-36(32(41)33-28)37-30(39)26-14-11-21(17-27(26)31(37)40)18-34-19-25-13-12-24(34)20-35(25)29(22-7-3-1-4-8-22)23-9-5-2-6-10-23/h1-11,14,17,24-25,29H,12-13,15-16,18-20H2,(H,33,38,41). The van der Waals surface area contributed by atoms with Crippen LogP contribution in [0.15, 0.2) is 78.9 Å². The third-order valence-corrected chi connectivity index (χ3v) is 8.84. The van der Waals surface area contributed by atoms with Gasteiger partial charge in [0.2, 0.25) is 5.91 Å². The van der Waals surface area contributed by atoms with Crippen LogP contribution in [0.1, 0.15) is 62.7 Å². The summed E-state index contributed by atoms with van der Waals surface area (Å²) in [5, 5.41) is 4.07. The average Bonchev–Trinajstić information content (AvgIpc) is 3.24. The number of piperidine rings is 2. The van der Waals surface area contributed by atoms with Crippen LogP contribution in [0.3, 0.4) is 0 Å². The van der Waals surface area contributed by atoms with Crippen molar-refractivity contribution < 1.29 is 19.2 Å². The summed E-state index contributed by atoms with van der Waals surface area (Å²) in [6.07, 6.45) is 2.30. The Bertz CT molecular complexity index is 1490. The lowest BCUT2D eigenvalue weighted by molar-refractivity contribution is -0.122. The van der Waals surface area contributed by atoms with Crippen molar-refractivity contribution in [3.8, 4) is 0 Å². The van der Waals surface area contributed by atoms with Crippen LogP contribution in [0.25, 0.3) is 0 Å². The third kappa shape index (κ3) is 4.51. The average molecular weight is 550 g/mol. The monoisotopic (exact) mass is 549 g/mol. The molecule has 2 bridgehead atoms. The molecule has 208 valence electrons. The topological polar surface area (TPSA) is 93.3 Å². The third-order valence-electron chi connectivity index (χ3n) is 8.84. The maximum atomic E-state index is 13.3. The number of carbonyl (C=O) groups excluding carboxylic acids is 4. The van der Waals surface area contributed by atoms with Crippen molar-refractivity contribution in [2.75, 3.05) is 19.6 Å². The number of benzene rings is 3. The van der Waals surface area contributed by atoms with Crippen LogP contribution < -0.4 is 5.32 Å². The summed E-state index contributed by atoms with van der Waals surface area (Å²) in [6.45, 7) is 2.56. The van der Waals surface area contributed by atoms with Crippen LogP contribution in [0.2, 0.25) is 0 Å². The number of imide groups is 2. The van der Waals surface area contributed by atoms with Crippen LogP contribution in [-0.2, 0) is 11.3 Å². The van der Waals surface area contributed by atoms with Gasteiger partial charge in [0.15, 0.2) is 0 Å². The van der Waals surface area contributed by atoms with E-state index in [1.165, 1.54) is 11.1 Å². The van der Waals surface area contributed by atoms with E-state index >= 15 is 0 Å². The van der Waals surface area contributed by atoms with E-state index in [2.05, 4.69) is 75.8 Å². The maximum absolute atomic E-state index is 13.3. The van der Waals surface area contributed by atoms with E-state index < -0.39 is 23.8 Å². The molecule has 0 aromatic heterocycles. The predicted molar refractivity (Wildman–Crippen MR) is 150 cm³/mol. The summed E-state index contributed by atoms with van der Waals surface area (Å²) in [5.74, 6) is -1.49. The summed E-state index contributed by atoms with van der Waals surface area (Å²) >= 11 is 0. The minimum Gasteiger partial charge on any atom is -0.293 e. The van der Waals surface area contributed by atoms with Gasteiger partial charge in [0.1, 0.15) is 0 Å². The van der Waals surface area contributed by atoms with Gasteiger partial charge in [-0.25, -0.2) is 9.80 Å². The molecule has 3 aromatic rings. The lowest BCUT2D eigenvalue weighted by Crippen LogP contribution is -2.62. The number of carbonyl (C=O) groups is 4. The van der Waals surface area contributed by atoms with Gasteiger partial charge in [0.25, 0.3) is 11.8 Å². The van der Waals surface area contributed by atoms with Gasteiger partial charge in [-0.3, -0.25) is 29.5 Å². The largest absolute Gasteiger partial charge is 0.343 e. The van der Waals surface area contributed by atoms with E-state index in [-0.39, 0.29) is 24.6 Å². The molecule has 8 rings (SSSR count). The van der Waals surface area contributed by atoms with Gasteiger partial charge in [0.05, 0.1) is 23.7 Å². The Hall–Kier alpha value is -4.34. The normalized spacial score (nSPS) is 23.0. The zero-order valence-electron chi connectivity index (χ0n) is 22.6. The number of urea groups is 1. The van der Waals surface area contributed by atoms with Gasteiger partial charge in [-0.1, -0.05) is 66.7 Å². The number of nitrogens with one attached hydrogen (secondary N) is 1. The number of hydrogen-bond donors (Lipinski definition) is 1. The Balaban J connectivity index is 1.09. The first-order valence-electron chi connectivity index (χ1n) is 14.2. The predicted octanol–water partition coefficient (Wildman–Crippen LogP) is 3.58. The molecule has 5 aliphatic rings. The minimum atomic E-state index is -0.755. The van der Waals surface area contributed by atoms with Gasteiger partial charge < -0.3 is 0 Å². The van der Waals surface area contributed by atoms with E-state index in [0.29, 0.717) is 24.2 Å². The lowest BCUT2D eigenvalue weighted by Gasteiger charge is -2.54. The molecule has 0 radical (unpaired) electrons. The van der Waals surface area contributed by atoms with Gasteiger partial charge in [-0.2, -0.15) is 5.01 Å². The molecule has 41 heavy (non-hydrogen) atoms. The fourth-order valence-electron chi connectivity index (χ4n) is 6.88. The number of amides is 5. The van der Waals surface area contributed by atoms with E-state index in [9.17, 15) is 19.2 Å². The number of hydrazine groups is 1. The van der Waals surface area contributed by atoms with Crippen molar-refractivity contribution >= 4 is 23.8 Å². The second-order valence-electron chi connectivity index (χ2n) is 11.3. The highest BCUT2D eigenvalue weighted by molar-refractivity contribution is 6.22. The smallest absolute Gasteiger partial charge is 0.293 e. The van der Waals surface area contributed by atoms with E-state index in [1.807, 2.05) is 6.07 Å². The van der Waals surface area contributed by atoms with Crippen molar-refractivity contribution in [1.82, 2.24) is 25.1 Å². The summed E-state index contributed by atoms with van der Waals surface area (Å²) in [4.78, 5) is 55.4. The summed E-state index contributed by atoms with van der Waals surface area (Å²) in [6, 6.07) is 27.0. The summed E-state index contributed by atoms with van der Waals surface area (Å²) < 4.78 is 0. The molecule has 9 nitrogen and oxygen atoms in total. The number of fused-ring (bicyclic) bond motifs is 4. The number of rotatable bonds is 6. The number of piperazine rings is 1. The van der Waals surface area contributed by atoms with Gasteiger partial charge in [0, 0.05) is 38.1 Å². The second-order valence-corrected chi connectivity index (χ2v) is 11.3. The van der Waals surface area contributed by atoms with Gasteiger partial charge in [-0.05, 0) is 41.7 Å². The quantitative estimate of drug-likeness (QED) is 0.473. The Morgan fingerprint density at radius 1 is 0.756 bits per heavy atom. The molecule has 0 saturated carbocycles. The Labute approximate surface area is 238 Å². The molecule has 2 unspecified atom stereocenters. The zero-order valence-corrected chi connectivity index (χ0v) is 22.6. The molecule has 1 N–H and O–H groups in total.